The van der Waals surface area contributed by atoms with Crippen molar-refractivity contribution in [2.24, 2.45) is 0 Å². The topological polar surface area (TPSA) is 111 Å². The Morgan fingerprint density at radius 3 is 2.06 bits per heavy atom. The molecule has 0 aliphatic rings. The Morgan fingerprint density at radius 2 is 1.49 bits per heavy atom. The fraction of sp³-hybridized carbons (Fsp3) is 0.200. The molecule has 184 valence electrons. The average Bonchev–Trinajstić information content (AvgIpc) is 2.87. The van der Waals surface area contributed by atoms with Gasteiger partial charge in [-0.2, -0.15) is 0 Å². The molecule has 9 nitrogen and oxygen atoms in total. The summed E-state index contributed by atoms with van der Waals surface area (Å²) in [5.74, 6) is -0.863. The van der Waals surface area contributed by atoms with Crippen LogP contribution < -0.4 is 19.1 Å². The largest absolute Gasteiger partial charge is 0.493 e. The number of hydrogen-bond donors (Lipinski definition) is 1. The lowest BCUT2D eigenvalue weighted by Gasteiger charge is -2.24. The van der Waals surface area contributed by atoms with Gasteiger partial charge in [-0.15, -0.1) is 0 Å². The highest BCUT2D eigenvalue weighted by Crippen LogP contribution is 2.34. The van der Waals surface area contributed by atoms with E-state index in [1.807, 2.05) is 6.92 Å². The third-order valence-electron chi connectivity index (χ3n) is 5.14. The molecule has 3 aromatic rings. The van der Waals surface area contributed by atoms with Crippen LogP contribution in [-0.2, 0) is 19.6 Å². The zero-order valence-electron chi connectivity index (χ0n) is 19.8. The first-order chi connectivity index (χ1) is 16.7. The summed E-state index contributed by atoms with van der Waals surface area (Å²) >= 11 is 0. The average molecular weight is 499 g/mol. The molecule has 0 spiro atoms. The van der Waals surface area contributed by atoms with Crippen LogP contribution >= 0.6 is 0 Å². The number of sulfonamides is 1. The van der Waals surface area contributed by atoms with Crippen molar-refractivity contribution in [3.05, 3.63) is 77.9 Å². The monoisotopic (exact) mass is 498 g/mol. The molecule has 3 rings (SSSR count). The normalized spacial score (nSPS) is 10.9. The lowest BCUT2D eigenvalue weighted by Crippen LogP contribution is -2.38. The number of nitrogens with one attached hydrogen (secondary N) is 1. The summed E-state index contributed by atoms with van der Waals surface area (Å²) in [5, 5.41) is 2.61. The summed E-state index contributed by atoms with van der Waals surface area (Å²) in [5.41, 5.74) is 1.35. The summed E-state index contributed by atoms with van der Waals surface area (Å²) in [6, 6.07) is 17.4. The van der Waals surface area contributed by atoms with Gasteiger partial charge >= 0.3 is 5.97 Å². The zero-order valence-corrected chi connectivity index (χ0v) is 20.6. The first-order valence-corrected chi connectivity index (χ1v) is 11.9. The van der Waals surface area contributed by atoms with Crippen LogP contribution in [0.25, 0.3) is 0 Å². The summed E-state index contributed by atoms with van der Waals surface area (Å²) in [6.45, 7) is 1.33. The number of rotatable bonds is 9. The minimum absolute atomic E-state index is 0.0197. The van der Waals surface area contributed by atoms with E-state index in [1.54, 1.807) is 42.5 Å². The Kier molecular flexibility index (Phi) is 7.98. The quantitative estimate of drug-likeness (QED) is 0.449. The van der Waals surface area contributed by atoms with Crippen molar-refractivity contribution in [1.82, 2.24) is 0 Å². The van der Waals surface area contributed by atoms with Crippen LogP contribution in [-0.4, -0.2) is 48.2 Å². The Morgan fingerprint density at radius 1 is 0.886 bits per heavy atom. The van der Waals surface area contributed by atoms with Crippen molar-refractivity contribution in [2.45, 2.75) is 11.8 Å². The molecular formula is C25H26N2O7S. The van der Waals surface area contributed by atoms with Crippen molar-refractivity contribution in [1.29, 1.82) is 0 Å². The van der Waals surface area contributed by atoms with Gasteiger partial charge in [-0.3, -0.25) is 9.10 Å². The maximum absolute atomic E-state index is 13.4. The lowest BCUT2D eigenvalue weighted by molar-refractivity contribution is -0.114. The van der Waals surface area contributed by atoms with Crippen molar-refractivity contribution in [3.63, 3.8) is 0 Å². The Hall–Kier alpha value is -4.05. The van der Waals surface area contributed by atoms with E-state index in [0.29, 0.717) is 5.69 Å². The highest BCUT2D eigenvalue weighted by Gasteiger charge is 2.28. The smallest absolute Gasteiger partial charge is 0.340 e. The molecule has 0 radical (unpaired) electrons. The summed E-state index contributed by atoms with van der Waals surface area (Å²) in [6.07, 6.45) is 0. The van der Waals surface area contributed by atoms with Crippen LogP contribution in [0.5, 0.6) is 11.5 Å². The second-order valence-corrected chi connectivity index (χ2v) is 9.32. The van der Waals surface area contributed by atoms with Gasteiger partial charge in [0.25, 0.3) is 10.0 Å². The molecule has 0 aliphatic heterocycles. The van der Waals surface area contributed by atoms with Crippen molar-refractivity contribution < 1.29 is 32.2 Å². The van der Waals surface area contributed by atoms with Gasteiger partial charge < -0.3 is 19.5 Å². The molecule has 0 aliphatic carbocycles. The minimum atomic E-state index is -4.07. The predicted octanol–water partition coefficient (Wildman–Crippen LogP) is 3.63. The van der Waals surface area contributed by atoms with Gasteiger partial charge in [0.05, 0.1) is 43.2 Å². The van der Waals surface area contributed by atoms with Crippen LogP contribution in [0.15, 0.2) is 71.6 Å². The molecule has 0 unspecified atom stereocenters. The molecule has 0 saturated heterocycles. The summed E-state index contributed by atoms with van der Waals surface area (Å²) in [4.78, 5) is 25.5. The van der Waals surface area contributed by atoms with Gasteiger partial charge in [-0.25, -0.2) is 13.2 Å². The van der Waals surface area contributed by atoms with Crippen molar-refractivity contribution >= 4 is 33.3 Å². The zero-order chi connectivity index (χ0) is 25.6. The Labute approximate surface area is 204 Å². The third kappa shape index (κ3) is 5.72. The first-order valence-electron chi connectivity index (χ1n) is 10.5. The molecule has 35 heavy (non-hydrogen) atoms. The van der Waals surface area contributed by atoms with Crippen LogP contribution in [0.1, 0.15) is 15.9 Å². The number of hydrogen-bond acceptors (Lipinski definition) is 7. The maximum Gasteiger partial charge on any atom is 0.340 e. The molecule has 0 heterocycles. The molecular weight excluding hydrogens is 472 g/mol. The van der Waals surface area contributed by atoms with Crippen molar-refractivity contribution in [2.75, 3.05) is 37.5 Å². The molecule has 0 bridgehead atoms. The number of amides is 1. The number of esters is 1. The number of nitrogens with zero attached hydrogens (tertiary/aromatic N) is 1. The number of aryl methyl sites for hydroxylation is 1. The second-order valence-electron chi connectivity index (χ2n) is 7.45. The van der Waals surface area contributed by atoms with E-state index >= 15 is 0 Å². The fourth-order valence-electron chi connectivity index (χ4n) is 3.33. The van der Waals surface area contributed by atoms with Gasteiger partial charge in [0, 0.05) is 12.1 Å². The molecule has 10 heteroatoms. The number of carbonyl (C=O) groups is 2. The van der Waals surface area contributed by atoms with Crippen LogP contribution in [0.3, 0.4) is 0 Å². The molecule has 0 fully saturated rings. The Bertz CT molecular complexity index is 1310. The molecule has 1 N–H and O–H groups in total. The maximum atomic E-state index is 13.4. The minimum Gasteiger partial charge on any atom is -0.493 e. The van der Waals surface area contributed by atoms with Crippen LogP contribution in [0, 0.1) is 6.92 Å². The molecule has 0 atom stereocenters. The number of ether oxygens (including phenoxy) is 3. The van der Waals surface area contributed by atoms with Gasteiger partial charge in [0.1, 0.15) is 6.54 Å². The fourth-order valence-corrected chi connectivity index (χ4v) is 4.77. The Balaban J connectivity index is 2.00. The molecule has 1 amide bonds. The van der Waals surface area contributed by atoms with E-state index in [1.165, 1.54) is 45.6 Å². The van der Waals surface area contributed by atoms with E-state index in [-0.39, 0.29) is 27.6 Å². The van der Waals surface area contributed by atoms with Gasteiger partial charge in [-0.05, 0) is 31.2 Å². The predicted molar refractivity (Wildman–Crippen MR) is 132 cm³/mol. The standard InChI is InChI=1S/C25H26N2O7S/c1-17-10-12-18(13-11-17)27(35(30,31)19-8-6-5-7-9-19)16-24(28)26-21-15-23(33-3)22(32-2)14-20(21)25(29)34-4/h5-15H,16H2,1-4H3,(H,26,28). The number of carbonyl (C=O) groups excluding carboxylic acids is 2. The lowest BCUT2D eigenvalue weighted by atomic mass is 10.1. The van der Waals surface area contributed by atoms with Gasteiger partial charge in [-0.1, -0.05) is 35.9 Å². The van der Waals surface area contributed by atoms with Crippen molar-refractivity contribution in [3.8, 4) is 11.5 Å². The highest BCUT2D eigenvalue weighted by atomic mass is 32.2. The van der Waals surface area contributed by atoms with Gasteiger partial charge in [0.15, 0.2) is 11.5 Å². The van der Waals surface area contributed by atoms with Gasteiger partial charge in [0.2, 0.25) is 5.91 Å². The summed E-state index contributed by atoms with van der Waals surface area (Å²) in [7, 11) is -0.0508. The third-order valence-corrected chi connectivity index (χ3v) is 6.93. The molecule has 3 aromatic carbocycles. The second kappa shape index (κ2) is 10.9. The number of anilines is 2. The molecule has 0 aromatic heterocycles. The van der Waals surface area contributed by atoms with Crippen LogP contribution in [0.2, 0.25) is 0 Å². The summed E-state index contributed by atoms with van der Waals surface area (Å²) < 4.78 is 43.2. The van der Waals surface area contributed by atoms with E-state index < -0.39 is 28.4 Å². The van der Waals surface area contributed by atoms with E-state index in [0.717, 1.165) is 9.87 Å². The van der Waals surface area contributed by atoms with Crippen LogP contribution in [0.4, 0.5) is 11.4 Å². The van der Waals surface area contributed by atoms with E-state index in [2.05, 4.69) is 5.32 Å². The SMILES string of the molecule is COC(=O)c1cc(OC)c(OC)cc1NC(=O)CN(c1ccc(C)cc1)S(=O)(=O)c1ccccc1. The van der Waals surface area contributed by atoms with E-state index in [9.17, 15) is 18.0 Å². The number of methoxy groups -OCH3 is 3. The first kappa shape index (κ1) is 25.6. The highest BCUT2D eigenvalue weighted by molar-refractivity contribution is 7.92. The number of benzene rings is 3. The molecule has 0 saturated carbocycles. The van der Waals surface area contributed by atoms with E-state index in [4.69, 9.17) is 14.2 Å².